The van der Waals surface area contributed by atoms with E-state index in [-0.39, 0.29) is 0 Å². The predicted molar refractivity (Wildman–Crippen MR) is 68.4 cm³/mol. The highest BCUT2D eigenvalue weighted by Crippen LogP contribution is 2.01. The molecule has 0 N–H and O–H groups in total. The summed E-state index contributed by atoms with van der Waals surface area (Å²) in [6.45, 7) is 4.83. The Kier molecular flexibility index (Phi) is 5.14. The number of likely N-dealkylation sites (N-methyl/N-ethyl adjacent to an activating group) is 1. The number of benzene rings is 1. The molecule has 1 aromatic rings. The van der Waals surface area contributed by atoms with Gasteiger partial charge in [0.15, 0.2) is 0 Å². The van der Waals surface area contributed by atoms with Gasteiger partial charge in [-0.3, -0.25) is 9.59 Å². The van der Waals surface area contributed by atoms with E-state index in [1.807, 2.05) is 44.2 Å². The summed E-state index contributed by atoms with van der Waals surface area (Å²) in [5, 5.41) is 0. The van der Waals surface area contributed by atoms with E-state index in [1.54, 1.807) is 6.08 Å². The van der Waals surface area contributed by atoms with Crippen LogP contribution in [0.3, 0.4) is 0 Å². The number of hydrogen-bond donors (Lipinski definition) is 0. The first kappa shape index (κ1) is 13.2. The van der Waals surface area contributed by atoms with Gasteiger partial charge in [0.25, 0.3) is 5.91 Å². The van der Waals surface area contributed by atoms with Gasteiger partial charge in [0, 0.05) is 13.1 Å². The zero-order valence-corrected chi connectivity index (χ0v) is 10.2. The summed E-state index contributed by atoms with van der Waals surface area (Å²) in [6, 6.07) is 9.43. The maximum absolute atomic E-state index is 11.7. The van der Waals surface area contributed by atoms with Crippen molar-refractivity contribution in [3.8, 4) is 0 Å². The van der Waals surface area contributed by atoms with Crippen LogP contribution in [0.4, 0.5) is 0 Å². The quantitative estimate of drug-likeness (QED) is 0.575. The van der Waals surface area contributed by atoms with Crippen LogP contribution in [0.1, 0.15) is 19.4 Å². The number of rotatable bonds is 5. The lowest BCUT2D eigenvalue weighted by atomic mass is 10.2. The van der Waals surface area contributed by atoms with Crippen LogP contribution in [0.2, 0.25) is 0 Å². The van der Waals surface area contributed by atoms with E-state index in [1.165, 1.54) is 11.0 Å². The summed E-state index contributed by atoms with van der Waals surface area (Å²) in [5.74, 6) is -0.917. The van der Waals surface area contributed by atoms with E-state index in [0.29, 0.717) is 13.1 Å². The van der Waals surface area contributed by atoms with Crippen LogP contribution in [0.5, 0.6) is 0 Å². The van der Waals surface area contributed by atoms with Gasteiger partial charge in [0.2, 0.25) is 5.78 Å². The summed E-state index contributed by atoms with van der Waals surface area (Å²) in [7, 11) is 0. The van der Waals surface area contributed by atoms with E-state index >= 15 is 0 Å². The highest BCUT2D eigenvalue weighted by atomic mass is 16.2. The number of amides is 1. The van der Waals surface area contributed by atoms with Gasteiger partial charge in [-0.25, -0.2) is 0 Å². The predicted octanol–water partition coefficient (Wildman–Crippen LogP) is 2.14. The number of hydrogen-bond acceptors (Lipinski definition) is 2. The summed E-state index contributed by atoms with van der Waals surface area (Å²) in [5.41, 5.74) is 0.910. The fraction of sp³-hybridized carbons (Fsp3) is 0.286. The Labute approximate surface area is 102 Å². The Balaban J connectivity index is 2.66. The number of ketones is 1. The van der Waals surface area contributed by atoms with Crippen molar-refractivity contribution in [1.29, 1.82) is 0 Å². The number of nitrogens with zero attached hydrogens (tertiary/aromatic N) is 1. The third kappa shape index (κ3) is 3.87. The molecule has 0 aliphatic heterocycles. The molecular weight excluding hydrogens is 214 g/mol. The minimum absolute atomic E-state index is 0.442. The molecule has 3 heteroatoms. The molecule has 1 rings (SSSR count). The summed E-state index contributed by atoms with van der Waals surface area (Å²) < 4.78 is 0. The molecule has 3 nitrogen and oxygen atoms in total. The summed E-state index contributed by atoms with van der Waals surface area (Å²) in [4.78, 5) is 24.8. The SMILES string of the molecule is CCN(CC)C(=O)C(=O)/C=C/c1ccccc1. The van der Waals surface area contributed by atoms with E-state index in [0.717, 1.165) is 5.56 Å². The fourth-order valence-electron chi connectivity index (χ4n) is 1.47. The minimum atomic E-state index is -0.474. The van der Waals surface area contributed by atoms with Gasteiger partial charge in [-0.15, -0.1) is 0 Å². The van der Waals surface area contributed by atoms with Crippen LogP contribution in [0.15, 0.2) is 36.4 Å². The normalized spacial score (nSPS) is 10.5. The maximum atomic E-state index is 11.7. The molecule has 0 atom stereocenters. The molecule has 0 aliphatic carbocycles. The average molecular weight is 231 g/mol. The molecule has 0 heterocycles. The fourth-order valence-corrected chi connectivity index (χ4v) is 1.47. The second kappa shape index (κ2) is 6.63. The lowest BCUT2D eigenvalue weighted by Crippen LogP contribution is -2.35. The molecular formula is C14H17NO2. The molecule has 0 aliphatic rings. The second-order valence-corrected chi connectivity index (χ2v) is 3.59. The van der Waals surface area contributed by atoms with Gasteiger partial charge < -0.3 is 4.90 Å². The minimum Gasteiger partial charge on any atom is -0.336 e. The molecule has 0 unspecified atom stereocenters. The maximum Gasteiger partial charge on any atom is 0.294 e. The molecule has 17 heavy (non-hydrogen) atoms. The molecule has 90 valence electrons. The molecule has 0 fully saturated rings. The van der Waals surface area contributed by atoms with E-state index in [2.05, 4.69) is 0 Å². The van der Waals surface area contributed by atoms with Crippen molar-refractivity contribution in [3.63, 3.8) is 0 Å². The average Bonchev–Trinajstić information content (AvgIpc) is 2.38. The van der Waals surface area contributed by atoms with Crippen molar-refractivity contribution in [2.75, 3.05) is 13.1 Å². The zero-order chi connectivity index (χ0) is 12.7. The van der Waals surface area contributed by atoms with Crippen LogP contribution >= 0.6 is 0 Å². The van der Waals surface area contributed by atoms with Crippen molar-refractivity contribution in [1.82, 2.24) is 4.90 Å². The van der Waals surface area contributed by atoms with Gasteiger partial charge in [0.05, 0.1) is 0 Å². The molecule has 0 bridgehead atoms. The third-order valence-corrected chi connectivity index (χ3v) is 2.49. The van der Waals surface area contributed by atoms with Gasteiger partial charge >= 0.3 is 0 Å². The Hall–Kier alpha value is -1.90. The van der Waals surface area contributed by atoms with Crippen LogP contribution < -0.4 is 0 Å². The molecule has 0 aromatic heterocycles. The standard InChI is InChI=1S/C14H17NO2/c1-3-15(4-2)14(17)13(16)11-10-12-8-6-5-7-9-12/h5-11H,3-4H2,1-2H3/b11-10+. The van der Waals surface area contributed by atoms with Crippen LogP contribution in [-0.2, 0) is 9.59 Å². The molecule has 0 spiro atoms. The van der Waals surface area contributed by atoms with Crippen LogP contribution in [0, 0.1) is 0 Å². The third-order valence-electron chi connectivity index (χ3n) is 2.49. The van der Waals surface area contributed by atoms with Crippen LogP contribution in [0.25, 0.3) is 6.08 Å². The Morgan fingerprint density at radius 3 is 2.24 bits per heavy atom. The number of carbonyl (C=O) groups excluding carboxylic acids is 2. The first-order chi connectivity index (χ1) is 8.19. The van der Waals surface area contributed by atoms with E-state index < -0.39 is 11.7 Å². The molecule has 1 aromatic carbocycles. The zero-order valence-electron chi connectivity index (χ0n) is 10.2. The van der Waals surface area contributed by atoms with Crippen molar-refractivity contribution < 1.29 is 9.59 Å². The van der Waals surface area contributed by atoms with E-state index in [4.69, 9.17) is 0 Å². The smallest absolute Gasteiger partial charge is 0.294 e. The Morgan fingerprint density at radius 2 is 1.71 bits per heavy atom. The van der Waals surface area contributed by atoms with Crippen molar-refractivity contribution in [2.45, 2.75) is 13.8 Å². The Bertz CT molecular complexity index is 405. The lowest BCUT2D eigenvalue weighted by Gasteiger charge is -2.16. The summed E-state index contributed by atoms with van der Waals surface area (Å²) >= 11 is 0. The van der Waals surface area contributed by atoms with Crippen molar-refractivity contribution >= 4 is 17.8 Å². The summed E-state index contributed by atoms with van der Waals surface area (Å²) in [6.07, 6.45) is 2.99. The monoisotopic (exact) mass is 231 g/mol. The lowest BCUT2D eigenvalue weighted by molar-refractivity contribution is -0.141. The topological polar surface area (TPSA) is 37.4 Å². The molecule has 0 radical (unpaired) electrons. The molecule has 1 amide bonds. The highest BCUT2D eigenvalue weighted by molar-refractivity contribution is 6.41. The molecule has 0 saturated carbocycles. The number of carbonyl (C=O) groups is 2. The largest absolute Gasteiger partial charge is 0.336 e. The van der Waals surface area contributed by atoms with Gasteiger partial charge in [0.1, 0.15) is 0 Å². The van der Waals surface area contributed by atoms with Crippen molar-refractivity contribution in [3.05, 3.63) is 42.0 Å². The van der Waals surface area contributed by atoms with E-state index in [9.17, 15) is 9.59 Å². The highest BCUT2D eigenvalue weighted by Gasteiger charge is 2.15. The molecule has 0 saturated heterocycles. The van der Waals surface area contributed by atoms with Crippen LogP contribution in [-0.4, -0.2) is 29.7 Å². The van der Waals surface area contributed by atoms with Crippen molar-refractivity contribution in [2.24, 2.45) is 0 Å². The first-order valence-corrected chi connectivity index (χ1v) is 5.75. The second-order valence-electron chi connectivity index (χ2n) is 3.59. The first-order valence-electron chi connectivity index (χ1n) is 5.75. The van der Waals surface area contributed by atoms with Gasteiger partial charge in [-0.1, -0.05) is 36.4 Å². The van der Waals surface area contributed by atoms with Gasteiger partial charge in [-0.2, -0.15) is 0 Å². The Morgan fingerprint density at radius 1 is 1.12 bits per heavy atom. The van der Waals surface area contributed by atoms with Gasteiger partial charge in [-0.05, 0) is 25.5 Å².